The van der Waals surface area contributed by atoms with Gasteiger partial charge in [0.1, 0.15) is 0 Å². The van der Waals surface area contributed by atoms with E-state index in [2.05, 4.69) is 27.1 Å². The second-order valence-corrected chi connectivity index (χ2v) is 7.39. The maximum absolute atomic E-state index is 12.4. The number of fused-ring (bicyclic) bond motifs is 4. The van der Waals surface area contributed by atoms with Crippen LogP contribution in [0.2, 0.25) is 0 Å². The summed E-state index contributed by atoms with van der Waals surface area (Å²) in [6.45, 7) is 3.95. The van der Waals surface area contributed by atoms with Crippen molar-refractivity contribution >= 4 is 17.7 Å². The third kappa shape index (κ3) is 3.82. The fourth-order valence-corrected chi connectivity index (χ4v) is 4.05. The van der Waals surface area contributed by atoms with E-state index in [0.29, 0.717) is 24.3 Å². The fraction of sp³-hybridized carbons (Fsp3) is 0.647. The molecule has 4 heterocycles. The smallest absolute Gasteiger partial charge is 0.223 e. The van der Waals surface area contributed by atoms with Crippen molar-refractivity contribution in [3.8, 4) is 0 Å². The molecule has 120 valence electrons. The zero-order valence-electron chi connectivity index (χ0n) is 13.3. The molecule has 0 N–H and O–H groups in total. The topological polar surface area (TPSA) is 36.4 Å². The number of piperidine rings is 1. The van der Waals surface area contributed by atoms with Crippen LogP contribution in [0.1, 0.15) is 25.0 Å². The number of pyridine rings is 1. The Morgan fingerprint density at radius 3 is 3.00 bits per heavy atom. The Balaban J connectivity index is 1.64. The lowest BCUT2D eigenvalue weighted by molar-refractivity contribution is -0.134. The first-order valence-corrected chi connectivity index (χ1v) is 9.56. The molecule has 1 aromatic heterocycles. The van der Waals surface area contributed by atoms with Gasteiger partial charge in [-0.25, -0.2) is 0 Å². The highest BCUT2D eigenvalue weighted by Gasteiger charge is 2.36. The van der Waals surface area contributed by atoms with Crippen LogP contribution in [0, 0.1) is 5.92 Å². The number of rotatable bonds is 5. The maximum Gasteiger partial charge on any atom is 0.223 e. The highest BCUT2D eigenvalue weighted by Crippen LogP contribution is 2.29. The van der Waals surface area contributed by atoms with E-state index in [1.165, 1.54) is 6.42 Å². The molecule has 1 aromatic rings. The van der Waals surface area contributed by atoms with Gasteiger partial charge in [-0.2, -0.15) is 11.8 Å². The second kappa shape index (κ2) is 7.47. The van der Waals surface area contributed by atoms with Crippen molar-refractivity contribution in [2.45, 2.75) is 31.8 Å². The Morgan fingerprint density at radius 2 is 2.23 bits per heavy atom. The lowest BCUT2D eigenvalue weighted by atomic mass is 9.95. The first kappa shape index (κ1) is 15.8. The van der Waals surface area contributed by atoms with Gasteiger partial charge in [0.25, 0.3) is 0 Å². The van der Waals surface area contributed by atoms with Crippen molar-refractivity contribution in [2.75, 3.05) is 31.6 Å². The van der Waals surface area contributed by atoms with E-state index in [1.807, 2.05) is 18.3 Å². The van der Waals surface area contributed by atoms with Crippen LogP contribution in [0.25, 0.3) is 0 Å². The number of aromatic nitrogens is 1. The van der Waals surface area contributed by atoms with Gasteiger partial charge in [-0.3, -0.25) is 14.7 Å². The third-order valence-electron chi connectivity index (χ3n) is 4.74. The standard InChI is InChI=1S/C17H25N3OS/c1-22-9-7-17(21)20-11-14-5-6-16(20)13-19(10-14)12-15-4-2-3-8-18-15/h2-4,8,14,16H,5-7,9-13H2,1H3/t14-,16+/m0/s1. The summed E-state index contributed by atoms with van der Waals surface area (Å²) in [4.78, 5) is 21.6. The summed E-state index contributed by atoms with van der Waals surface area (Å²) in [5.74, 6) is 1.91. The van der Waals surface area contributed by atoms with Crippen LogP contribution < -0.4 is 0 Å². The van der Waals surface area contributed by atoms with E-state index in [9.17, 15) is 4.79 Å². The Hall–Kier alpha value is -1.07. The van der Waals surface area contributed by atoms with Crippen molar-refractivity contribution in [3.63, 3.8) is 0 Å². The number of thioether (sulfide) groups is 1. The number of hydrogen-bond donors (Lipinski definition) is 0. The summed E-state index contributed by atoms with van der Waals surface area (Å²) in [5, 5.41) is 0. The molecule has 3 aliphatic heterocycles. The molecule has 5 heteroatoms. The second-order valence-electron chi connectivity index (χ2n) is 6.40. The van der Waals surface area contributed by atoms with E-state index >= 15 is 0 Å². The van der Waals surface area contributed by atoms with Gasteiger partial charge in [0.2, 0.25) is 5.91 Å². The Labute approximate surface area is 137 Å². The van der Waals surface area contributed by atoms with Gasteiger partial charge in [-0.15, -0.1) is 0 Å². The monoisotopic (exact) mass is 319 g/mol. The van der Waals surface area contributed by atoms with Crippen LogP contribution in [-0.4, -0.2) is 58.4 Å². The van der Waals surface area contributed by atoms with E-state index < -0.39 is 0 Å². The van der Waals surface area contributed by atoms with Crippen LogP contribution in [0.15, 0.2) is 24.4 Å². The quantitative estimate of drug-likeness (QED) is 0.834. The third-order valence-corrected chi connectivity index (χ3v) is 5.35. The predicted molar refractivity (Wildman–Crippen MR) is 90.7 cm³/mol. The predicted octanol–water partition coefficient (Wildman–Crippen LogP) is 2.26. The molecule has 3 fully saturated rings. The van der Waals surface area contributed by atoms with Gasteiger partial charge in [-0.1, -0.05) is 6.07 Å². The molecule has 0 radical (unpaired) electrons. The van der Waals surface area contributed by atoms with Gasteiger partial charge in [0, 0.05) is 50.6 Å². The number of amides is 1. The highest BCUT2D eigenvalue weighted by atomic mass is 32.2. The van der Waals surface area contributed by atoms with Crippen molar-refractivity contribution in [2.24, 2.45) is 5.92 Å². The van der Waals surface area contributed by atoms with Crippen molar-refractivity contribution in [1.82, 2.24) is 14.8 Å². The molecular formula is C17H25N3OS. The van der Waals surface area contributed by atoms with Crippen molar-refractivity contribution in [1.29, 1.82) is 0 Å². The molecular weight excluding hydrogens is 294 g/mol. The van der Waals surface area contributed by atoms with Crippen LogP contribution in [0.5, 0.6) is 0 Å². The highest BCUT2D eigenvalue weighted by molar-refractivity contribution is 7.98. The van der Waals surface area contributed by atoms with Gasteiger partial charge in [0.15, 0.2) is 0 Å². The Kier molecular flexibility index (Phi) is 5.37. The van der Waals surface area contributed by atoms with Gasteiger partial charge >= 0.3 is 0 Å². The minimum Gasteiger partial charge on any atom is -0.338 e. The molecule has 4 nitrogen and oxygen atoms in total. The minimum atomic E-state index is 0.351. The van der Waals surface area contributed by atoms with Crippen molar-refractivity contribution in [3.05, 3.63) is 30.1 Å². The summed E-state index contributed by atoms with van der Waals surface area (Å²) in [6.07, 6.45) is 7.03. The number of carbonyl (C=O) groups excluding carboxylic acids is 1. The zero-order chi connectivity index (χ0) is 15.4. The molecule has 0 saturated carbocycles. The van der Waals surface area contributed by atoms with Crippen LogP contribution in [0.4, 0.5) is 0 Å². The largest absolute Gasteiger partial charge is 0.338 e. The van der Waals surface area contributed by atoms with Crippen molar-refractivity contribution < 1.29 is 4.79 Å². The average molecular weight is 319 g/mol. The van der Waals surface area contributed by atoms with Crippen LogP contribution >= 0.6 is 11.8 Å². The molecule has 0 spiro atoms. The Morgan fingerprint density at radius 1 is 1.32 bits per heavy atom. The normalized spacial score (nSPS) is 25.2. The molecule has 4 rings (SSSR count). The van der Waals surface area contributed by atoms with E-state index in [4.69, 9.17) is 0 Å². The summed E-state index contributed by atoms with van der Waals surface area (Å²) >= 11 is 1.76. The minimum absolute atomic E-state index is 0.351. The van der Waals surface area contributed by atoms with E-state index in [1.54, 1.807) is 11.8 Å². The molecule has 1 amide bonds. The number of carbonyl (C=O) groups is 1. The van der Waals surface area contributed by atoms with Crippen LogP contribution in [0.3, 0.4) is 0 Å². The number of nitrogens with zero attached hydrogens (tertiary/aromatic N) is 3. The van der Waals surface area contributed by atoms with Gasteiger partial charge in [0.05, 0.1) is 5.69 Å². The van der Waals surface area contributed by atoms with E-state index in [-0.39, 0.29) is 0 Å². The molecule has 0 aromatic carbocycles. The van der Waals surface area contributed by atoms with Crippen LogP contribution in [-0.2, 0) is 11.3 Å². The zero-order valence-corrected chi connectivity index (χ0v) is 14.1. The average Bonchev–Trinajstić information content (AvgIpc) is 2.84. The summed E-state index contributed by atoms with van der Waals surface area (Å²) in [6, 6.07) is 6.50. The molecule has 2 atom stereocenters. The first-order chi connectivity index (χ1) is 10.8. The fourth-order valence-electron chi connectivity index (χ4n) is 3.67. The summed E-state index contributed by atoms with van der Waals surface area (Å²) in [7, 11) is 0. The Bertz CT molecular complexity index is 496. The molecule has 3 aliphatic rings. The molecule has 0 unspecified atom stereocenters. The molecule has 2 bridgehead atoms. The molecule has 22 heavy (non-hydrogen) atoms. The molecule has 3 saturated heterocycles. The maximum atomic E-state index is 12.4. The summed E-state index contributed by atoms with van der Waals surface area (Å²) < 4.78 is 0. The summed E-state index contributed by atoms with van der Waals surface area (Å²) in [5.41, 5.74) is 1.13. The van der Waals surface area contributed by atoms with Gasteiger partial charge in [-0.05, 0) is 37.1 Å². The lowest BCUT2D eigenvalue weighted by Crippen LogP contribution is -2.47. The number of hydrogen-bond acceptors (Lipinski definition) is 4. The SMILES string of the molecule is CSCCC(=O)N1C[C@H]2CC[C@@H]1CN(Cc1ccccn1)C2. The molecule has 0 aliphatic carbocycles. The lowest BCUT2D eigenvalue weighted by Gasteiger charge is -2.36. The van der Waals surface area contributed by atoms with E-state index in [0.717, 1.165) is 44.0 Å². The van der Waals surface area contributed by atoms with Gasteiger partial charge < -0.3 is 4.90 Å². The first-order valence-electron chi connectivity index (χ1n) is 8.17.